The van der Waals surface area contributed by atoms with Crippen molar-refractivity contribution >= 4 is 40.7 Å². The number of hydrazone groups is 4. The minimum absolute atomic E-state index is 0.116. The molecule has 2 amide bonds. The smallest absolute Gasteiger partial charge is 0.323 e. The number of guanidine groups is 2. The van der Waals surface area contributed by atoms with Gasteiger partial charge in [-0.2, -0.15) is 10.2 Å². The Balaban J connectivity index is 1.93. The van der Waals surface area contributed by atoms with E-state index in [-0.39, 0.29) is 12.0 Å². The van der Waals surface area contributed by atoms with Crippen LogP contribution in [-0.4, -0.2) is 36.4 Å². The lowest BCUT2D eigenvalue weighted by Crippen LogP contribution is -2.40. The van der Waals surface area contributed by atoms with Crippen molar-refractivity contribution in [1.82, 2.24) is 21.6 Å². The molecule has 12 N–H and O–H groups in total. The molecule has 2 rings (SSSR count). The van der Waals surface area contributed by atoms with E-state index in [1.165, 1.54) is 0 Å². The van der Waals surface area contributed by atoms with E-state index in [0.717, 1.165) is 11.1 Å². The predicted octanol–water partition coefficient (Wildman–Crippen LogP) is 0.0999. The third kappa shape index (κ3) is 7.69. The molecule has 0 saturated carbocycles. The summed E-state index contributed by atoms with van der Waals surface area (Å²) in [7, 11) is 1.67. The summed E-state index contributed by atoms with van der Waals surface area (Å²) in [6.45, 7) is 3.63. The number of anilines is 2. The van der Waals surface area contributed by atoms with Gasteiger partial charge in [-0.25, -0.2) is 21.5 Å². The Bertz CT molecular complexity index is 987. The Hall–Kier alpha value is -4.85. The largest absolute Gasteiger partial charge is 0.357 e. The van der Waals surface area contributed by atoms with Gasteiger partial charge in [0.1, 0.15) is 0 Å². The first-order valence-electron chi connectivity index (χ1n) is 9.99. The molecule has 0 aliphatic carbocycles. The van der Waals surface area contributed by atoms with Gasteiger partial charge in [0.25, 0.3) is 0 Å². The quantitative estimate of drug-likeness (QED) is 0.122. The first kappa shape index (κ1) is 25.4. The van der Waals surface area contributed by atoms with Crippen molar-refractivity contribution in [3.8, 4) is 0 Å². The Morgan fingerprint density at radius 3 is 1.50 bits per heavy atom. The van der Waals surface area contributed by atoms with Gasteiger partial charge in [-0.3, -0.25) is 5.43 Å². The molecule has 0 saturated heterocycles. The number of hydrazine groups is 1. The zero-order chi connectivity index (χ0) is 24.9. The fraction of sp³-hybridized carbons (Fsp3) is 0.150. The van der Waals surface area contributed by atoms with Crippen LogP contribution in [0.3, 0.4) is 0 Å². The normalized spacial score (nSPS) is 12.6. The molecular formula is C20H29N13O. The highest BCUT2D eigenvalue weighted by atomic mass is 16.2. The van der Waals surface area contributed by atoms with Crippen LogP contribution < -0.4 is 49.8 Å². The lowest BCUT2D eigenvalue weighted by atomic mass is 10.1. The standard InChI is InChI=1S/C20H29N13O/c1-12(30-32-18(24-3)27-21)14-4-8-16(9-5-14)25-20(34)26-17-10-6-15(7-11-17)13(2)31-33-19(28-22)29-23/h4-11H,21-23H2,1-3H3,(H2,24,27,32)(H2,25,26,34)(H2,28,29,33)/b30-12+,31-13+. The van der Waals surface area contributed by atoms with Crippen LogP contribution in [-0.2, 0) is 0 Å². The van der Waals surface area contributed by atoms with Gasteiger partial charge in [-0.05, 0) is 49.2 Å². The van der Waals surface area contributed by atoms with Crippen LogP contribution in [0, 0.1) is 0 Å². The van der Waals surface area contributed by atoms with Crippen molar-refractivity contribution in [3.05, 3.63) is 59.7 Å². The number of carbonyl (C=O) groups excluding carboxylic acids is 1. The lowest BCUT2D eigenvalue weighted by Gasteiger charge is -2.10. The van der Waals surface area contributed by atoms with Crippen molar-refractivity contribution in [2.24, 2.45) is 37.9 Å². The molecule has 0 aliphatic heterocycles. The molecule has 0 aliphatic rings. The molecule has 14 heteroatoms. The minimum Gasteiger partial charge on any atom is -0.357 e. The lowest BCUT2D eigenvalue weighted by molar-refractivity contribution is 0.262. The summed E-state index contributed by atoms with van der Waals surface area (Å²) in [5, 5.41) is 23.5. The van der Waals surface area contributed by atoms with E-state index >= 15 is 0 Å². The van der Waals surface area contributed by atoms with E-state index in [4.69, 9.17) is 17.5 Å². The average molecular weight is 468 g/mol. The van der Waals surface area contributed by atoms with E-state index in [9.17, 15) is 4.79 Å². The number of nitrogens with one attached hydrogen (secondary N) is 6. The molecule has 0 unspecified atom stereocenters. The Kier molecular flexibility index (Phi) is 9.62. The van der Waals surface area contributed by atoms with Crippen LogP contribution in [0.25, 0.3) is 0 Å². The van der Waals surface area contributed by atoms with Crippen LogP contribution in [0.4, 0.5) is 16.2 Å². The average Bonchev–Trinajstić information content (AvgIpc) is 2.85. The summed E-state index contributed by atoms with van der Waals surface area (Å²) in [5.74, 6) is 16.0. The van der Waals surface area contributed by atoms with Gasteiger partial charge >= 0.3 is 6.03 Å². The number of amides is 2. The third-order valence-corrected chi connectivity index (χ3v) is 4.41. The zero-order valence-electron chi connectivity index (χ0n) is 19.0. The van der Waals surface area contributed by atoms with Gasteiger partial charge in [-0.15, -0.1) is 10.2 Å². The molecule has 180 valence electrons. The van der Waals surface area contributed by atoms with Gasteiger partial charge in [0.05, 0.1) is 11.4 Å². The van der Waals surface area contributed by atoms with E-state index in [0.29, 0.717) is 28.8 Å². The summed E-state index contributed by atoms with van der Waals surface area (Å²) in [6, 6.07) is 14.0. The zero-order valence-corrected chi connectivity index (χ0v) is 19.0. The van der Waals surface area contributed by atoms with Crippen LogP contribution in [0.2, 0.25) is 0 Å². The molecule has 0 bridgehead atoms. The predicted molar refractivity (Wildman–Crippen MR) is 136 cm³/mol. The molecule has 34 heavy (non-hydrogen) atoms. The van der Waals surface area contributed by atoms with E-state index in [1.807, 2.05) is 31.2 Å². The number of rotatable bonds is 6. The highest BCUT2D eigenvalue weighted by Gasteiger charge is 2.05. The van der Waals surface area contributed by atoms with Gasteiger partial charge in [0.2, 0.25) is 11.9 Å². The SMILES string of the molecule is CN/C(=N/N)N/N=C(\C)c1ccc(NC(=O)Nc2ccc(/C(C)=N/N/C(=N\N)NN)cc2)cc1. The second-order valence-electron chi connectivity index (χ2n) is 6.70. The topological polar surface area (TPSA) is 217 Å². The van der Waals surface area contributed by atoms with Crippen molar-refractivity contribution in [1.29, 1.82) is 0 Å². The molecule has 0 radical (unpaired) electrons. The molecule has 2 aromatic rings. The van der Waals surface area contributed by atoms with Gasteiger partial charge < -0.3 is 27.6 Å². The second-order valence-corrected chi connectivity index (χ2v) is 6.70. The van der Waals surface area contributed by atoms with Gasteiger partial charge in [0, 0.05) is 18.4 Å². The number of nitrogens with two attached hydrogens (primary N) is 3. The molecule has 0 aromatic heterocycles. The Morgan fingerprint density at radius 2 is 1.15 bits per heavy atom. The molecular weight excluding hydrogens is 438 g/mol. The van der Waals surface area contributed by atoms with E-state index < -0.39 is 0 Å². The van der Waals surface area contributed by atoms with Gasteiger partial charge in [-0.1, -0.05) is 24.3 Å². The highest BCUT2D eigenvalue weighted by Crippen LogP contribution is 2.13. The maximum absolute atomic E-state index is 12.3. The number of hydrogen-bond donors (Lipinski definition) is 9. The number of nitrogens with zero attached hydrogens (tertiary/aromatic N) is 4. The number of urea groups is 1. The summed E-state index contributed by atoms with van der Waals surface area (Å²) < 4.78 is 0. The monoisotopic (exact) mass is 467 g/mol. The maximum atomic E-state index is 12.3. The first-order chi connectivity index (χ1) is 16.4. The molecule has 0 heterocycles. The summed E-state index contributed by atoms with van der Waals surface area (Å²) in [4.78, 5) is 12.3. The molecule has 0 spiro atoms. The van der Waals surface area contributed by atoms with Crippen LogP contribution in [0.1, 0.15) is 25.0 Å². The Morgan fingerprint density at radius 1 is 0.735 bits per heavy atom. The molecule has 0 atom stereocenters. The second kappa shape index (κ2) is 12.9. The van der Waals surface area contributed by atoms with E-state index in [2.05, 4.69) is 52.6 Å². The van der Waals surface area contributed by atoms with Crippen LogP contribution >= 0.6 is 0 Å². The molecule has 14 nitrogen and oxygen atoms in total. The third-order valence-electron chi connectivity index (χ3n) is 4.41. The van der Waals surface area contributed by atoms with Crippen molar-refractivity contribution in [3.63, 3.8) is 0 Å². The number of hydrogen-bond acceptors (Lipinski definition) is 8. The molecule has 2 aromatic carbocycles. The van der Waals surface area contributed by atoms with Crippen LogP contribution in [0.5, 0.6) is 0 Å². The van der Waals surface area contributed by atoms with Crippen molar-refractivity contribution in [2.45, 2.75) is 13.8 Å². The summed E-state index contributed by atoms with van der Waals surface area (Å²) in [5.41, 5.74) is 11.9. The van der Waals surface area contributed by atoms with Crippen LogP contribution in [0.15, 0.2) is 68.9 Å². The number of benzene rings is 2. The Labute approximate surface area is 196 Å². The summed E-state index contributed by atoms with van der Waals surface area (Å²) in [6.07, 6.45) is 0. The minimum atomic E-state index is -0.379. The van der Waals surface area contributed by atoms with Crippen molar-refractivity contribution < 1.29 is 4.79 Å². The van der Waals surface area contributed by atoms with E-state index in [1.54, 1.807) is 38.2 Å². The molecule has 0 fully saturated rings. The highest BCUT2D eigenvalue weighted by molar-refractivity contribution is 6.03. The first-order valence-corrected chi connectivity index (χ1v) is 9.99. The number of carbonyl (C=O) groups is 1. The summed E-state index contributed by atoms with van der Waals surface area (Å²) >= 11 is 0. The fourth-order valence-electron chi connectivity index (χ4n) is 2.53. The van der Waals surface area contributed by atoms with Gasteiger partial charge in [0.15, 0.2) is 0 Å². The fourth-order valence-corrected chi connectivity index (χ4v) is 2.53. The maximum Gasteiger partial charge on any atom is 0.323 e. The van der Waals surface area contributed by atoms with Crippen molar-refractivity contribution in [2.75, 3.05) is 17.7 Å².